The molecule has 2 aromatic heterocycles. The summed E-state index contributed by atoms with van der Waals surface area (Å²) in [6.07, 6.45) is 3.46. The van der Waals surface area contributed by atoms with Crippen LogP contribution in [0.3, 0.4) is 0 Å². The molecule has 5 nitrogen and oxygen atoms in total. The number of rotatable bonds is 2. The number of hydrogen-bond donors (Lipinski definition) is 0. The summed E-state index contributed by atoms with van der Waals surface area (Å²) >= 11 is 5.97. The highest BCUT2D eigenvalue weighted by atomic mass is 35.5. The van der Waals surface area contributed by atoms with E-state index in [2.05, 4.69) is 15.2 Å². The van der Waals surface area contributed by atoms with Crippen molar-refractivity contribution >= 4 is 17.2 Å². The molecule has 0 radical (unpaired) electrons. The predicted molar refractivity (Wildman–Crippen MR) is 72.5 cm³/mol. The molecule has 0 saturated carbocycles. The van der Waals surface area contributed by atoms with Crippen LogP contribution in [0.15, 0.2) is 30.6 Å². The lowest BCUT2D eigenvalue weighted by Crippen LogP contribution is -2.00. The lowest BCUT2D eigenvalue weighted by Gasteiger charge is -2.10. The number of aryl methyl sites for hydroxylation is 1. The maximum absolute atomic E-state index is 5.97. The minimum absolute atomic E-state index is 0.278. The summed E-state index contributed by atoms with van der Waals surface area (Å²) in [5, 5.41) is 8.36. The molecule has 0 bridgehead atoms. The van der Waals surface area contributed by atoms with Gasteiger partial charge in [0.05, 0.1) is 12.7 Å². The minimum atomic E-state index is 0.278. The molecule has 2 heterocycles. The van der Waals surface area contributed by atoms with Crippen LogP contribution in [-0.4, -0.2) is 26.7 Å². The number of fused-ring (bicyclic) bond motifs is 1. The molecule has 19 heavy (non-hydrogen) atoms. The lowest BCUT2D eigenvalue weighted by atomic mass is 10.1. The van der Waals surface area contributed by atoms with Gasteiger partial charge in [-0.25, -0.2) is 4.98 Å². The Morgan fingerprint density at radius 2 is 2.11 bits per heavy atom. The van der Waals surface area contributed by atoms with Crippen LogP contribution in [0, 0.1) is 6.92 Å². The fraction of sp³-hybridized carbons (Fsp3) is 0.154. The van der Waals surface area contributed by atoms with Crippen molar-refractivity contribution in [2.75, 3.05) is 7.11 Å². The molecule has 1 aromatic carbocycles. The Morgan fingerprint density at radius 3 is 2.89 bits per heavy atom. The summed E-state index contributed by atoms with van der Waals surface area (Å²) in [6, 6.07) is 5.90. The number of hydrogen-bond acceptors (Lipinski definition) is 4. The average molecular weight is 275 g/mol. The first kappa shape index (κ1) is 11.9. The van der Waals surface area contributed by atoms with E-state index in [1.54, 1.807) is 23.9 Å². The van der Waals surface area contributed by atoms with Crippen molar-refractivity contribution in [3.8, 4) is 17.1 Å². The van der Waals surface area contributed by atoms with Crippen LogP contribution in [0.5, 0.6) is 5.75 Å². The van der Waals surface area contributed by atoms with Crippen molar-refractivity contribution in [3.63, 3.8) is 0 Å². The highest BCUT2D eigenvalue weighted by molar-refractivity contribution is 6.32. The summed E-state index contributed by atoms with van der Waals surface area (Å²) in [7, 11) is 1.63. The summed E-state index contributed by atoms with van der Waals surface area (Å²) in [5.74, 6) is 1.39. The van der Waals surface area contributed by atoms with E-state index in [9.17, 15) is 0 Å². The number of imidazole rings is 1. The molecule has 96 valence electrons. The summed E-state index contributed by atoms with van der Waals surface area (Å²) in [6.45, 7) is 2.01. The van der Waals surface area contributed by atoms with Crippen LogP contribution in [-0.2, 0) is 0 Å². The van der Waals surface area contributed by atoms with Crippen molar-refractivity contribution in [1.29, 1.82) is 0 Å². The number of aromatic nitrogens is 4. The Balaban J connectivity index is 2.30. The molecular formula is C13H11ClN4O. The zero-order chi connectivity index (χ0) is 13.4. The van der Waals surface area contributed by atoms with Gasteiger partial charge in [0, 0.05) is 12.4 Å². The molecule has 3 rings (SSSR count). The average Bonchev–Trinajstić information content (AvgIpc) is 2.90. The second-order valence-electron chi connectivity index (χ2n) is 4.14. The fourth-order valence-corrected chi connectivity index (χ4v) is 2.16. The second-order valence-corrected chi connectivity index (χ2v) is 4.50. The maximum Gasteiger partial charge on any atom is 0.195 e. The van der Waals surface area contributed by atoms with Crippen molar-refractivity contribution in [1.82, 2.24) is 19.6 Å². The molecule has 0 saturated heterocycles. The van der Waals surface area contributed by atoms with Crippen LogP contribution < -0.4 is 4.74 Å². The van der Waals surface area contributed by atoms with E-state index in [0.717, 1.165) is 16.9 Å². The van der Waals surface area contributed by atoms with E-state index in [1.807, 2.05) is 25.1 Å². The lowest BCUT2D eigenvalue weighted by molar-refractivity contribution is 0.415. The molecule has 0 aliphatic heterocycles. The van der Waals surface area contributed by atoms with Gasteiger partial charge in [-0.05, 0) is 24.6 Å². The van der Waals surface area contributed by atoms with Gasteiger partial charge < -0.3 is 4.74 Å². The molecule has 0 amide bonds. The monoisotopic (exact) mass is 274 g/mol. The Morgan fingerprint density at radius 1 is 1.26 bits per heavy atom. The van der Waals surface area contributed by atoms with Gasteiger partial charge in [0.1, 0.15) is 5.75 Å². The largest absolute Gasteiger partial charge is 0.496 e. The SMILES string of the molecule is COc1cc(C)ccc1-c1nnc(Cl)c2nccn12. The second kappa shape index (κ2) is 4.51. The van der Waals surface area contributed by atoms with Crippen molar-refractivity contribution < 1.29 is 4.74 Å². The first-order valence-corrected chi connectivity index (χ1v) is 6.09. The number of halogens is 1. The van der Waals surface area contributed by atoms with Gasteiger partial charge in [0.15, 0.2) is 16.6 Å². The standard InChI is InChI=1S/C13H11ClN4O/c1-8-3-4-9(10(7-8)19-2)12-17-16-11(14)13-15-5-6-18(12)13/h3-7H,1-2H3. The smallest absolute Gasteiger partial charge is 0.195 e. The van der Waals surface area contributed by atoms with Gasteiger partial charge in [0.25, 0.3) is 0 Å². The molecular weight excluding hydrogens is 264 g/mol. The van der Waals surface area contributed by atoms with Crippen LogP contribution in [0.25, 0.3) is 17.0 Å². The molecule has 0 aliphatic carbocycles. The van der Waals surface area contributed by atoms with E-state index in [-0.39, 0.29) is 5.15 Å². The first-order valence-electron chi connectivity index (χ1n) is 5.71. The third-order valence-electron chi connectivity index (χ3n) is 2.88. The van der Waals surface area contributed by atoms with Gasteiger partial charge in [-0.2, -0.15) is 0 Å². The molecule has 0 aliphatic rings. The number of nitrogens with zero attached hydrogens (tertiary/aromatic N) is 4. The fourth-order valence-electron chi connectivity index (χ4n) is 1.98. The van der Waals surface area contributed by atoms with E-state index >= 15 is 0 Å². The van der Waals surface area contributed by atoms with Crippen LogP contribution >= 0.6 is 11.6 Å². The van der Waals surface area contributed by atoms with Gasteiger partial charge >= 0.3 is 0 Å². The molecule has 0 unspecified atom stereocenters. The highest BCUT2D eigenvalue weighted by Gasteiger charge is 2.14. The summed E-state index contributed by atoms with van der Waals surface area (Å²) in [5.41, 5.74) is 2.54. The topological polar surface area (TPSA) is 52.3 Å². The molecule has 0 fully saturated rings. The van der Waals surface area contributed by atoms with Gasteiger partial charge in [-0.1, -0.05) is 17.7 Å². The van der Waals surface area contributed by atoms with Crippen molar-refractivity contribution in [2.45, 2.75) is 6.92 Å². The molecule has 0 spiro atoms. The minimum Gasteiger partial charge on any atom is -0.496 e. The first-order chi connectivity index (χ1) is 9.20. The quantitative estimate of drug-likeness (QED) is 0.721. The number of ether oxygens (including phenoxy) is 1. The van der Waals surface area contributed by atoms with Crippen molar-refractivity contribution in [3.05, 3.63) is 41.3 Å². The summed E-state index contributed by atoms with van der Waals surface area (Å²) in [4.78, 5) is 4.17. The van der Waals surface area contributed by atoms with Crippen LogP contribution in [0.2, 0.25) is 5.15 Å². The number of benzene rings is 1. The summed E-state index contributed by atoms with van der Waals surface area (Å²) < 4.78 is 7.20. The van der Waals surface area contributed by atoms with E-state index in [0.29, 0.717) is 11.5 Å². The number of methoxy groups -OCH3 is 1. The van der Waals surface area contributed by atoms with E-state index < -0.39 is 0 Å². The Hall–Kier alpha value is -2.14. The zero-order valence-electron chi connectivity index (χ0n) is 10.5. The van der Waals surface area contributed by atoms with Crippen LogP contribution in [0.1, 0.15) is 5.56 Å². The van der Waals surface area contributed by atoms with Crippen LogP contribution in [0.4, 0.5) is 0 Å². The van der Waals surface area contributed by atoms with Crippen molar-refractivity contribution in [2.24, 2.45) is 0 Å². The Labute approximate surface area is 114 Å². The highest BCUT2D eigenvalue weighted by Crippen LogP contribution is 2.30. The normalized spacial score (nSPS) is 10.9. The Kier molecular flexibility index (Phi) is 2.83. The maximum atomic E-state index is 5.97. The van der Waals surface area contributed by atoms with Gasteiger partial charge in [-0.15, -0.1) is 10.2 Å². The predicted octanol–water partition coefficient (Wildman–Crippen LogP) is 2.76. The Bertz CT molecular complexity index is 753. The van der Waals surface area contributed by atoms with E-state index in [1.165, 1.54) is 0 Å². The van der Waals surface area contributed by atoms with E-state index in [4.69, 9.17) is 16.3 Å². The van der Waals surface area contributed by atoms with Gasteiger partial charge in [0.2, 0.25) is 0 Å². The third kappa shape index (κ3) is 1.92. The van der Waals surface area contributed by atoms with Gasteiger partial charge in [-0.3, -0.25) is 4.40 Å². The molecule has 6 heteroatoms. The molecule has 3 aromatic rings. The molecule has 0 atom stereocenters. The molecule has 0 N–H and O–H groups in total. The zero-order valence-corrected chi connectivity index (χ0v) is 11.2. The third-order valence-corrected chi connectivity index (χ3v) is 3.13.